The molecule has 1 aromatic heterocycles. The van der Waals surface area contributed by atoms with E-state index in [4.69, 9.17) is 4.74 Å². The second kappa shape index (κ2) is 8.47. The highest BCUT2D eigenvalue weighted by Gasteiger charge is 2.23. The lowest BCUT2D eigenvalue weighted by Crippen LogP contribution is -2.02. The van der Waals surface area contributed by atoms with Crippen LogP contribution in [0.5, 0.6) is 5.88 Å². The van der Waals surface area contributed by atoms with E-state index in [1.54, 1.807) is 17.2 Å². The molecule has 1 aromatic rings. The molecule has 0 N–H and O–H groups in total. The zero-order chi connectivity index (χ0) is 15.0. The minimum Gasteiger partial charge on any atom is -0.476 e. The van der Waals surface area contributed by atoms with Crippen molar-refractivity contribution < 1.29 is 9.66 Å². The molecule has 0 aromatic carbocycles. The molecule has 7 heteroatoms. The van der Waals surface area contributed by atoms with Gasteiger partial charge >= 0.3 is 5.69 Å². The molecule has 0 radical (unpaired) electrons. The fourth-order valence-electron chi connectivity index (χ4n) is 1.18. The molecule has 0 amide bonds. The molecule has 0 aliphatic rings. The van der Waals surface area contributed by atoms with Gasteiger partial charge in [-0.2, -0.15) is 0 Å². The van der Waals surface area contributed by atoms with Gasteiger partial charge in [-0.3, -0.25) is 10.1 Å². The Morgan fingerprint density at radius 2 is 2.05 bits per heavy atom. The molecule has 0 aliphatic heterocycles. The number of hydrogen-bond acceptors (Lipinski definition) is 5. The number of aromatic nitrogens is 1. The molecule has 106 valence electrons. The Hall–Kier alpha value is -1.63. The zero-order valence-electron chi connectivity index (χ0n) is 11.7. The van der Waals surface area contributed by atoms with Crippen molar-refractivity contribution in [1.29, 1.82) is 0 Å². The third kappa shape index (κ3) is 4.86. The van der Waals surface area contributed by atoms with Crippen molar-refractivity contribution in [2.75, 3.05) is 21.2 Å². The van der Waals surface area contributed by atoms with Crippen LogP contribution in [0.25, 0.3) is 6.08 Å². The van der Waals surface area contributed by atoms with Crippen LogP contribution in [-0.2, 0) is 0 Å². The molecule has 0 fully saturated rings. The van der Waals surface area contributed by atoms with Crippen molar-refractivity contribution in [1.82, 2.24) is 9.88 Å². The SMILES string of the molecule is CC.COc1ncc(Br)c(/C=C/N(C)C)c1[N+](=O)[O-]. The number of nitrogens with zero attached hydrogens (tertiary/aromatic N) is 3. The second-order valence-electron chi connectivity index (χ2n) is 3.41. The second-order valence-corrected chi connectivity index (χ2v) is 4.27. The minimum absolute atomic E-state index is 0.00314. The van der Waals surface area contributed by atoms with Gasteiger partial charge in [-0.25, -0.2) is 4.98 Å². The number of nitro groups is 1. The maximum Gasteiger partial charge on any atom is 0.339 e. The third-order valence-electron chi connectivity index (χ3n) is 1.93. The summed E-state index contributed by atoms with van der Waals surface area (Å²) in [5.74, 6) is -0.00314. The van der Waals surface area contributed by atoms with Gasteiger partial charge in [-0.15, -0.1) is 0 Å². The topological polar surface area (TPSA) is 68.5 Å². The standard InChI is InChI=1S/C10H12BrN3O3.C2H6/c1-13(2)5-4-7-8(11)6-12-10(17-3)9(7)14(15)16;1-2/h4-6H,1-3H3;1-2H3/b5-4+;. The van der Waals surface area contributed by atoms with E-state index in [2.05, 4.69) is 20.9 Å². The molecule has 0 spiro atoms. The highest BCUT2D eigenvalue weighted by molar-refractivity contribution is 9.10. The Morgan fingerprint density at radius 1 is 1.47 bits per heavy atom. The number of hydrogen-bond donors (Lipinski definition) is 0. The van der Waals surface area contributed by atoms with Crippen molar-refractivity contribution >= 4 is 27.7 Å². The van der Waals surface area contributed by atoms with Crippen molar-refractivity contribution in [3.05, 3.63) is 32.5 Å². The van der Waals surface area contributed by atoms with Crippen LogP contribution >= 0.6 is 15.9 Å². The summed E-state index contributed by atoms with van der Waals surface area (Å²) in [7, 11) is 5.01. The van der Waals surface area contributed by atoms with Crippen LogP contribution in [0.15, 0.2) is 16.9 Å². The molecule has 1 heterocycles. The van der Waals surface area contributed by atoms with Gasteiger partial charge < -0.3 is 9.64 Å². The van der Waals surface area contributed by atoms with Crippen molar-refractivity contribution in [3.63, 3.8) is 0 Å². The lowest BCUT2D eigenvalue weighted by atomic mass is 10.2. The van der Waals surface area contributed by atoms with Crippen LogP contribution < -0.4 is 4.74 Å². The Balaban J connectivity index is 0.00000154. The summed E-state index contributed by atoms with van der Waals surface area (Å²) < 4.78 is 5.43. The van der Waals surface area contributed by atoms with E-state index in [0.29, 0.717) is 10.0 Å². The first kappa shape index (κ1) is 17.4. The first-order valence-electron chi connectivity index (χ1n) is 5.69. The number of rotatable bonds is 4. The zero-order valence-corrected chi connectivity index (χ0v) is 13.3. The highest BCUT2D eigenvalue weighted by atomic mass is 79.9. The summed E-state index contributed by atoms with van der Waals surface area (Å²) >= 11 is 3.24. The molecule has 0 unspecified atom stereocenters. The summed E-state index contributed by atoms with van der Waals surface area (Å²) in [5, 5.41) is 11.0. The molecule has 0 saturated carbocycles. The van der Waals surface area contributed by atoms with Crippen LogP contribution in [-0.4, -0.2) is 36.0 Å². The molecule has 1 rings (SSSR count). The molecular weight excluding hydrogens is 314 g/mol. The first-order chi connectivity index (χ1) is 8.97. The van der Waals surface area contributed by atoms with Crippen molar-refractivity contribution in [2.24, 2.45) is 0 Å². The molecule has 0 saturated heterocycles. The van der Waals surface area contributed by atoms with Gasteiger partial charge in [-0.05, 0) is 28.2 Å². The maximum absolute atomic E-state index is 11.0. The molecule has 6 nitrogen and oxygen atoms in total. The number of ether oxygens (including phenoxy) is 1. The normalized spacial score (nSPS) is 9.79. The summed E-state index contributed by atoms with van der Waals surface area (Å²) in [5.41, 5.74) is 0.274. The third-order valence-corrected chi connectivity index (χ3v) is 2.56. The largest absolute Gasteiger partial charge is 0.476 e. The van der Waals surface area contributed by atoms with Crippen LogP contribution in [0.1, 0.15) is 19.4 Å². The van der Waals surface area contributed by atoms with E-state index in [1.165, 1.54) is 13.3 Å². The van der Waals surface area contributed by atoms with Gasteiger partial charge in [0, 0.05) is 20.3 Å². The maximum atomic E-state index is 11.0. The van der Waals surface area contributed by atoms with Gasteiger partial charge in [0.05, 0.1) is 22.1 Å². The van der Waals surface area contributed by atoms with Crippen LogP contribution in [0.4, 0.5) is 5.69 Å². The summed E-state index contributed by atoms with van der Waals surface area (Å²) in [6.45, 7) is 4.00. The Morgan fingerprint density at radius 3 is 2.47 bits per heavy atom. The lowest BCUT2D eigenvalue weighted by molar-refractivity contribution is -0.386. The van der Waals surface area contributed by atoms with Gasteiger partial charge in [0.2, 0.25) is 0 Å². The Bertz CT molecular complexity index is 462. The number of methoxy groups -OCH3 is 1. The van der Waals surface area contributed by atoms with Crippen molar-refractivity contribution in [2.45, 2.75) is 13.8 Å². The van der Waals surface area contributed by atoms with E-state index in [-0.39, 0.29) is 11.6 Å². The summed E-state index contributed by atoms with van der Waals surface area (Å²) in [6.07, 6.45) is 4.82. The average Bonchev–Trinajstić information content (AvgIpc) is 2.38. The molecule has 0 atom stereocenters. The quantitative estimate of drug-likeness (QED) is 0.625. The van der Waals surface area contributed by atoms with Gasteiger partial charge in [-0.1, -0.05) is 13.8 Å². The van der Waals surface area contributed by atoms with Crippen LogP contribution in [0, 0.1) is 10.1 Å². The molecule has 19 heavy (non-hydrogen) atoms. The monoisotopic (exact) mass is 331 g/mol. The first-order valence-corrected chi connectivity index (χ1v) is 6.48. The number of halogens is 1. The van der Waals surface area contributed by atoms with E-state index < -0.39 is 4.92 Å². The smallest absolute Gasteiger partial charge is 0.339 e. The van der Waals surface area contributed by atoms with Crippen LogP contribution in [0.3, 0.4) is 0 Å². The van der Waals surface area contributed by atoms with E-state index >= 15 is 0 Å². The van der Waals surface area contributed by atoms with Gasteiger partial charge in [0.15, 0.2) is 0 Å². The summed E-state index contributed by atoms with van der Waals surface area (Å²) in [4.78, 5) is 16.1. The fourth-order valence-corrected chi connectivity index (χ4v) is 1.60. The average molecular weight is 332 g/mol. The van der Waals surface area contributed by atoms with E-state index in [1.807, 2.05) is 27.9 Å². The molecule has 0 bridgehead atoms. The lowest BCUT2D eigenvalue weighted by Gasteiger charge is -2.07. The highest BCUT2D eigenvalue weighted by Crippen LogP contribution is 2.34. The Labute approximate surface area is 121 Å². The predicted octanol–water partition coefficient (Wildman–Crippen LogP) is 3.32. The molecule has 0 aliphatic carbocycles. The summed E-state index contributed by atoms with van der Waals surface area (Å²) in [6, 6.07) is 0. The van der Waals surface area contributed by atoms with E-state index in [0.717, 1.165) is 0 Å². The minimum atomic E-state index is -0.508. The van der Waals surface area contributed by atoms with Gasteiger partial charge in [0.1, 0.15) is 0 Å². The van der Waals surface area contributed by atoms with Gasteiger partial charge in [0.25, 0.3) is 5.88 Å². The predicted molar refractivity (Wildman–Crippen MR) is 79.2 cm³/mol. The van der Waals surface area contributed by atoms with E-state index in [9.17, 15) is 10.1 Å². The van der Waals surface area contributed by atoms with Crippen LogP contribution in [0.2, 0.25) is 0 Å². The molecular formula is C12H18BrN3O3. The fraction of sp³-hybridized carbons (Fsp3) is 0.417. The number of pyridine rings is 1. The van der Waals surface area contributed by atoms with Crippen molar-refractivity contribution in [3.8, 4) is 5.88 Å². The Kier molecular flexibility index (Phi) is 7.74.